The predicted octanol–water partition coefficient (Wildman–Crippen LogP) is 2.37. The molecule has 0 fully saturated rings. The molecule has 3 heteroatoms. The lowest BCUT2D eigenvalue weighted by atomic mass is 10.2. The van der Waals surface area contributed by atoms with Gasteiger partial charge in [-0.3, -0.25) is 0 Å². The van der Waals surface area contributed by atoms with Crippen LogP contribution in [0.3, 0.4) is 0 Å². The van der Waals surface area contributed by atoms with E-state index < -0.39 is 0 Å². The van der Waals surface area contributed by atoms with Crippen LogP contribution >= 0.6 is 0 Å². The molecule has 0 amide bonds. The second-order valence-electron chi connectivity index (χ2n) is 3.09. The van der Waals surface area contributed by atoms with Gasteiger partial charge in [0.2, 0.25) is 0 Å². The Bertz CT molecular complexity index is 263. The Kier molecular flexibility index (Phi) is 5.00. The predicted molar refractivity (Wildman–Crippen MR) is 52.8 cm³/mol. The first-order valence-corrected chi connectivity index (χ1v) is 4.82. The number of aliphatic hydroxyl groups excluding tert-OH is 1. The van der Waals surface area contributed by atoms with Crippen LogP contribution in [0.1, 0.15) is 19.3 Å². The summed E-state index contributed by atoms with van der Waals surface area (Å²) in [6, 6.07) is 6.11. The molecule has 0 radical (unpaired) electrons. The molecule has 1 aromatic carbocycles. The lowest BCUT2D eigenvalue weighted by Crippen LogP contribution is -1.98. The minimum Gasteiger partial charge on any atom is -0.493 e. The standard InChI is InChI=1S/C11H15FO2/c12-10-5-4-6-11(9-10)14-8-3-1-2-7-13/h4-6,9,13H,1-3,7-8H2. The smallest absolute Gasteiger partial charge is 0.126 e. The van der Waals surface area contributed by atoms with Gasteiger partial charge in [-0.2, -0.15) is 0 Å². The van der Waals surface area contributed by atoms with Gasteiger partial charge in [0.05, 0.1) is 6.61 Å². The van der Waals surface area contributed by atoms with E-state index in [9.17, 15) is 4.39 Å². The van der Waals surface area contributed by atoms with E-state index in [1.165, 1.54) is 12.1 Å². The van der Waals surface area contributed by atoms with Crippen LogP contribution in [-0.2, 0) is 0 Å². The molecule has 0 unspecified atom stereocenters. The first-order valence-electron chi connectivity index (χ1n) is 4.82. The van der Waals surface area contributed by atoms with Crippen molar-refractivity contribution >= 4 is 0 Å². The first-order chi connectivity index (χ1) is 6.83. The summed E-state index contributed by atoms with van der Waals surface area (Å²) in [4.78, 5) is 0. The van der Waals surface area contributed by atoms with Crippen LogP contribution in [0.2, 0.25) is 0 Å². The average molecular weight is 198 g/mol. The number of unbranched alkanes of at least 4 members (excludes halogenated alkanes) is 2. The largest absolute Gasteiger partial charge is 0.493 e. The van der Waals surface area contributed by atoms with E-state index in [2.05, 4.69) is 0 Å². The number of ether oxygens (including phenoxy) is 1. The number of hydrogen-bond acceptors (Lipinski definition) is 2. The maximum absolute atomic E-state index is 12.7. The van der Waals surface area contributed by atoms with Gasteiger partial charge in [0, 0.05) is 12.7 Å². The van der Waals surface area contributed by atoms with Gasteiger partial charge >= 0.3 is 0 Å². The fourth-order valence-corrected chi connectivity index (χ4v) is 1.14. The molecule has 0 heterocycles. The van der Waals surface area contributed by atoms with Crippen LogP contribution in [0, 0.1) is 5.82 Å². The molecule has 0 atom stereocenters. The lowest BCUT2D eigenvalue weighted by molar-refractivity contribution is 0.266. The zero-order valence-electron chi connectivity index (χ0n) is 8.08. The fraction of sp³-hybridized carbons (Fsp3) is 0.455. The highest BCUT2D eigenvalue weighted by atomic mass is 19.1. The molecule has 78 valence electrons. The summed E-state index contributed by atoms with van der Waals surface area (Å²) < 4.78 is 18.0. The monoisotopic (exact) mass is 198 g/mol. The Morgan fingerprint density at radius 3 is 2.79 bits per heavy atom. The minimum absolute atomic E-state index is 0.222. The quantitative estimate of drug-likeness (QED) is 0.711. The van der Waals surface area contributed by atoms with E-state index in [0.717, 1.165) is 19.3 Å². The number of hydrogen-bond donors (Lipinski definition) is 1. The Morgan fingerprint density at radius 1 is 1.21 bits per heavy atom. The third-order valence-electron chi connectivity index (χ3n) is 1.87. The molecule has 0 bridgehead atoms. The Hall–Kier alpha value is -1.09. The Balaban J connectivity index is 2.18. The molecular weight excluding hydrogens is 183 g/mol. The Labute approximate surface area is 83.3 Å². The van der Waals surface area contributed by atoms with Crippen molar-refractivity contribution in [3.8, 4) is 5.75 Å². The zero-order chi connectivity index (χ0) is 10.2. The third kappa shape index (κ3) is 4.23. The maximum atomic E-state index is 12.7. The number of halogens is 1. The number of benzene rings is 1. The summed E-state index contributed by atoms with van der Waals surface area (Å²) in [6.45, 7) is 0.795. The minimum atomic E-state index is -0.280. The van der Waals surface area contributed by atoms with E-state index >= 15 is 0 Å². The third-order valence-corrected chi connectivity index (χ3v) is 1.87. The second-order valence-corrected chi connectivity index (χ2v) is 3.09. The Morgan fingerprint density at radius 2 is 2.07 bits per heavy atom. The van der Waals surface area contributed by atoms with Gasteiger partial charge in [0.1, 0.15) is 11.6 Å². The molecule has 0 aliphatic carbocycles. The molecule has 0 saturated carbocycles. The molecule has 2 nitrogen and oxygen atoms in total. The molecule has 0 aliphatic heterocycles. The molecule has 1 N–H and O–H groups in total. The molecule has 0 saturated heterocycles. The van der Waals surface area contributed by atoms with Crippen LogP contribution in [-0.4, -0.2) is 18.3 Å². The van der Waals surface area contributed by atoms with Gasteiger partial charge < -0.3 is 9.84 Å². The lowest BCUT2D eigenvalue weighted by Gasteiger charge is -2.05. The summed E-state index contributed by atoms with van der Waals surface area (Å²) in [7, 11) is 0. The summed E-state index contributed by atoms with van der Waals surface area (Å²) >= 11 is 0. The van der Waals surface area contributed by atoms with E-state index in [4.69, 9.17) is 9.84 Å². The topological polar surface area (TPSA) is 29.5 Å². The van der Waals surface area contributed by atoms with Crippen LogP contribution in [0.25, 0.3) is 0 Å². The highest BCUT2D eigenvalue weighted by molar-refractivity contribution is 5.22. The van der Waals surface area contributed by atoms with Crippen molar-refractivity contribution in [3.63, 3.8) is 0 Å². The van der Waals surface area contributed by atoms with Gasteiger partial charge in [0.25, 0.3) is 0 Å². The van der Waals surface area contributed by atoms with Crippen LogP contribution < -0.4 is 4.74 Å². The van der Waals surface area contributed by atoms with Crippen molar-refractivity contribution in [2.45, 2.75) is 19.3 Å². The van der Waals surface area contributed by atoms with Crippen molar-refractivity contribution in [1.29, 1.82) is 0 Å². The van der Waals surface area contributed by atoms with Crippen LogP contribution in [0.15, 0.2) is 24.3 Å². The van der Waals surface area contributed by atoms with Crippen molar-refractivity contribution < 1.29 is 14.2 Å². The van der Waals surface area contributed by atoms with E-state index in [1.54, 1.807) is 12.1 Å². The van der Waals surface area contributed by atoms with Gasteiger partial charge in [0.15, 0.2) is 0 Å². The van der Waals surface area contributed by atoms with Gasteiger partial charge in [-0.05, 0) is 31.4 Å². The molecule has 1 rings (SSSR count). The van der Waals surface area contributed by atoms with Crippen molar-refractivity contribution in [2.75, 3.05) is 13.2 Å². The fourth-order valence-electron chi connectivity index (χ4n) is 1.14. The normalized spacial score (nSPS) is 10.1. The van der Waals surface area contributed by atoms with Crippen molar-refractivity contribution in [1.82, 2.24) is 0 Å². The molecule has 0 aliphatic rings. The highest BCUT2D eigenvalue weighted by Crippen LogP contribution is 2.12. The molecular formula is C11H15FO2. The first kappa shape index (κ1) is 11.0. The summed E-state index contributed by atoms with van der Waals surface area (Å²) in [5.41, 5.74) is 0. The summed E-state index contributed by atoms with van der Waals surface area (Å²) in [6.07, 6.45) is 2.62. The van der Waals surface area contributed by atoms with Crippen LogP contribution in [0.4, 0.5) is 4.39 Å². The van der Waals surface area contributed by atoms with Gasteiger partial charge in [-0.1, -0.05) is 6.07 Å². The number of aliphatic hydroxyl groups is 1. The SMILES string of the molecule is OCCCCCOc1cccc(F)c1. The second kappa shape index (κ2) is 6.38. The molecule has 14 heavy (non-hydrogen) atoms. The zero-order valence-corrected chi connectivity index (χ0v) is 8.08. The van der Waals surface area contributed by atoms with Gasteiger partial charge in [-0.15, -0.1) is 0 Å². The average Bonchev–Trinajstić information content (AvgIpc) is 2.18. The van der Waals surface area contributed by atoms with Gasteiger partial charge in [-0.25, -0.2) is 4.39 Å². The van der Waals surface area contributed by atoms with E-state index in [1.807, 2.05) is 0 Å². The van der Waals surface area contributed by atoms with Crippen LogP contribution in [0.5, 0.6) is 5.75 Å². The molecule has 0 spiro atoms. The maximum Gasteiger partial charge on any atom is 0.126 e. The molecule has 0 aromatic heterocycles. The van der Waals surface area contributed by atoms with Crippen molar-refractivity contribution in [3.05, 3.63) is 30.1 Å². The van der Waals surface area contributed by atoms with E-state index in [0.29, 0.717) is 12.4 Å². The van der Waals surface area contributed by atoms with Crippen molar-refractivity contribution in [2.24, 2.45) is 0 Å². The van der Waals surface area contributed by atoms with E-state index in [-0.39, 0.29) is 12.4 Å². The summed E-state index contributed by atoms with van der Waals surface area (Å²) in [5, 5.41) is 8.53. The summed E-state index contributed by atoms with van der Waals surface area (Å²) in [5.74, 6) is 0.284. The highest BCUT2D eigenvalue weighted by Gasteiger charge is 1.95. The molecule has 1 aromatic rings. The number of rotatable bonds is 6.